The Morgan fingerprint density at radius 3 is 2.48 bits per heavy atom. The van der Waals surface area contributed by atoms with Crippen LogP contribution in [0.3, 0.4) is 0 Å². The fourth-order valence-electron chi connectivity index (χ4n) is 3.41. The van der Waals surface area contributed by atoms with E-state index in [1.165, 1.54) is 0 Å². The first-order valence-corrected chi connectivity index (χ1v) is 8.70. The molecule has 0 aliphatic rings. The molecule has 0 saturated carbocycles. The predicted octanol–water partition coefficient (Wildman–Crippen LogP) is 3.45. The average Bonchev–Trinajstić information content (AvgIpc) is 3.22. The highest BCUT2D eigenvalue weighted by molar-refractivity contribution is 5.95. The third-order valence-corrected chi connectivity index (χ3v) is 4.90. The first kappa shape index (κ1) is 15.6. The van der Waals surface area contributed by atoms with Crippen molar-refractivity contribution in [1.29, 1.82) is 0 Å². The van der Waals surface area contributed by atoms with Crippen LogP contribution >= 0.6 is 0 Å². The van der Waals surface area contributed by atoms with Crippen LogP contribution in [0, 0.1) is 20.8 Å². The summed E-state index contributed by atoms with van der Waals surface area (Å²) in [5.41, 5.74) is 5.93. The normalized spacial score (nSPS) is 11.5. The van der Waals surface area contributed by atoms with Gasteiger partial charge in [0.05, 0.1) is 5.39 Å². The molecule has 5 aromatic heterocycles. The van der Waals surface area contributed by atoms with E-state index in [0.29, 0.717) is 5.82 Å². The molecule has 5 aromatic rings. The van der Waals surface area contributed by atoms with Gasteiger partial charge >= 0.3 is 0 Å². The number of aromatic nitrogens is 7. The quantitative estimate of drug-likeness (QED) is 0.485. The minimum Gasteiger partial charge on any atom is -0.282 e. The molecule has 132 valence electrons. The summed E-state index contributed by atoms with van der Waals surface area (Å²) in [7, 11) is 0. The molecule has 27 heavy (non-hydrogen) atoms. The molecule has 0 N–H and O–H groups in total. The van der Waals surface area contributed by atoms with Crippen LogP contribution in [0.15, 0.2) is 49.2 Å². The summed E-state index contributed by atoms with van der Waals surface area (Å²) in [4.78, 5) is 18.1. The van der Waals surface area contributed by atoms with Crippen LogP contribution in [0.2, 0.25) is 0 Å². The van der Waals surface area contributed by atoms with Gasteiger partial charge < -0.3 is 0 Å². The minimum absolute atomic E-state index is 0.658. The Labute approximate surface area is 155 Å². The topological polar surface area (TPSA) is 73.8 Å². The molecule has 0 atom stereocenters. The van der Waals surface area contributed by atoms with Gasteiger partial charge in [-0.1, -0.05) is 0 Å². The van der Waals surface area contributed by atoms with E-state index in [1.54, 1.807) is 23.2 Å². The highest BCUT2D eigenvalue weighted by Gasteiger charge is 2.19. The maximum Gasteiger partial charge on any atom is 0.182 e. The molecule has 7 nitrogen and oxygen atoms in total. The van der Waals surface area contributed by atoms with Crippen LogP contribution in [0.1, 0.15) is 16.8 Å². The van der Waals surface area contributed by atoms with Gasteiger partial charge in [0.25, 0.3) is 0 Å². The van der Waals surface area contributed by atoms with Crippen molar-refractivity contribution in [3.8, 4) is 17.2 Å². The first-order chi connectivity index (χ1) is 13.1. The summed E-state index contributed by atoms with van der Waals surface area (Å²) >= 11 is 0. The smallest absolute Gasteiger partial charge is 0.182 e. The SMILES string of the molecule is Cc1ccnc(-n2c(C)c(C)c3c2ncn2nc(-c4ccncc4)nc32)c1. The maximum atomic E-state index is 4.79. The van der Waals surface area contributed by atoms with E-state index in [1.807, 2.05) is 24.4 Å². The first-order valence-electron chi connectivity index (χ1n) is 8.70. The Kier molecular flexibility index (Phi) is 3.30. The van der Waals surface area contributed by atoms with Crippen molar-refractivity contribution in [1.82, 2.24) is 34.1 Å². The number of nitrogens with zero attached hydrogens (tertiary/aromatic N) is 7. The highest BCUT2D eigenvalue weighted by atomic mass is 15.3. The Morgan fingerprint density at radius 1 is 0.889 bits per heavy atom. The zero-order valence-electron chi connectivity index (χ0n) is 15.2. The molecule has 0 spiro atoms. The monoisotopic (exact) mass is 355 g/mol. The molecule has 0 aliphatic heterocycles. The van der Waals surface area contributed by atoms with Gasteiger partial charge in [0, 0.05) is 29.8 Å². The highest BCUT2D eigenvalue weighted by Crippen LogP contribution is 2.30. The zero-order valence-corrected chi connectivity index (χ0v) is 15.2. The van der Waals surface area contributed by atoms with E-state index in [9.17, 15) is 0 Å². The number of hydrogen-bond acceptors (Lipinski definition) is 5. The fraction of sp³-hybridized carbons (Fsp3) is 0.150. The van der Waals surface area contributed by atoms with Gasteiger partial charge in [-0.3, -0.25) is 9.55 Å². The van der Waals surface area contributed by atoms with Crippen LogP contribution < -0.4 is 0 Å². The van der Waals surface area contributed by atoms with Crippen LogP contribution in [-0.4, -0.2) is 34.1 Å². The molecular formula is C20H17N7. The van der Waals surface area contributed by atoms with Gasteiger partial charge in [0.1, 0.15) is 12.1 Å². The van der Waals surface area contributed by atoms with Gasteiger partial charge in [-0.25, -0.2) is 19.5 Å². The summed E-state index contributed by atoms with van der Waals surface area (Å²) in [5, 5.41) is 5.58. The number of hydrogen-bond donors (Lipinski definition) is 0. The molecule has 0 aromatic carbocycles. The summed E-state index contributed by atoms with van der Waals surface area (Å²) < 4.78 is 3.82. The molecule has 7 heteroatoms. The van der Waals surface area contributed by atoms with Gasteiger partial charge in [-0.05, 0) is 56.2 Å². The molecule has 5 heterocycles. The second-order valence-corrected chi connectivity index (χ2v) is 6.62. The van der Waals surface area contributed by atoms with E-state index in [4.69, 9.17) is 4.98 Å². The molecule has 0 amide bonds. The Balaban J connectivity index is 1.82. The second kappa shape index (κ2) is 5.70. The summed E-state index contributed by atoms with van der Waals surface area (Å²) in [6.07, 6.45) is 7.01. The van der Waals surface area contributed by atoms with Gasteiger partial charge in [0.2, 0.25) is 0 Å². The Morgan fingerprint density at radius 2 is 1.70 bits per heavy atom. The van der Waals surface area contributed by atoms with E-state index in [-0.39, 0.29) is 0 Å². The van der Waals surface area contributed by atoms with Crippen molar-refractivity contribution >= 4 is 16.7 Å². The lowest BCUT2D eigenvalue weighted by atomic mass is 10.2. The van der Waals surface area contributed by atoms with Crippen molar-refractivity contribution in [3.63, 3.8) is 0 Å². The van der Waals surface area contributed by atoms with Gasteiger partial charge in [-0.15, -0.1) is 5.10 Å². The third kappa shape index (κ3) is 2.32. The lowest BCUT2D eigenvalue weighted by Crippen LogP contribution is -2.01. The molecule has 0 fully saturated rings. The Hall–Kier alpha value is -3.61. The molecule has 0 bridgehead atoms. The largest absolute Gasteiger partial charge is 0.282 e. The number of aryl methyl sites for hydroxylation is 2. The van der Waals surface area contributed by atoms with Gasteiger partial charge in [0.15, 0.2) is 17.1 Å². The fourth-order valence-corrected chi connectivity index (χ4v) is 3.41. The van der Waals surface area contributed by atoms with Crippen LogP contribution in [0.25, 0.3) is 33.9 Å². The number of pyridine rings is 2. The molecule has 0 radical (unpaired) electrons. The minimum atomic E-state index is 0.658. The van der Waals surface area contributed by atoms with E-state index < -0.39 is 0 Å². The van der Waals surface area contributed by atoms with Crippen molar-refractivity contribution in [3.05, 3.63) is 66.0 Å². The summed E-state index contributed by atoms with van der Waals surface area (Å²) in [6.45, 7) is 6.23. The lowest BCUT2D eigenvalue weighted by Gasteiger charge is -2.07. The van der Waals surface area contributed by atoms with E-state index >= 15 is 0 Å². The van der Waals surface area contributed by atoms with Crippen molar-refractivity contribution in [2.45, 2.75) is 20.8 Å². The molecule has 5 rings (SSSR count). The third-order valence-electron chi connectivity index (χ3n) is 4.90. The van der Waals surface area contributed by atoms with Crippen LogP contribution in [0.5, 0.6) is 0 Å². The Bertz CT molecular complexity index is 1300. The average molecular weight is 355 g/mol. The molecule has 0 aliphatic carbocycles. The predicted molar refractivity (Wildman–Crippen MR) is 103 cm³/mol. The standard InChI is InChI=1S/C20H17N7/c1-12-4-9-22-16(10-12)27-14(3)13(2)17-19(27)23-11-26-20(17)24-18(25-26)15-5-7-21-8-6-15/h4-11H,1-3H3. The van der Waals surface area contributed by atoms with E-state index in [2.05, 4.69) is 51.5 Å². The van der Waals surface area contributed by atoms with Crippen LogP contribution in [-0.2, 0) is 0 Å². The lowest BCUT2D eigenvalue weighted by molar-refractivity contribution is 0.918. The maximum absolute atomic E-state index is 4.79. The van der Waals surface area contributed by atoms with Crippen molar-refractivity contribution < 1.29 is 0 Å². The number of rotatable bonds is 2. The molecular weight excluding hydrogens is 338 g/mol. The molecule has 0 unspecified atom stereocenters. The summed E-state index contributed by atoms with van der Waals surface area (Å²) in [6, 6.07) is 7.85. The van der Waals surface area contributed by atoms with Gasteiger partial charge in [-0.2, -0.15) is 0 Å². The van der Waals surface area contributed by atoms with Crippen molar-refractivity contribution in [2.24, 2.45) is 0 Å². The van der Waals surface area contributed by atoms with E-state index in [0.717, 1.165) is 44.9 Å². The van der Waals surface area contributed by atoms with Crippen LogP contribution in [0.4, 0.5) is 0 Å². The second-order valence-electron chi connectivity index (χ2n) is 6.62. The number of fused-ring (bicyclic) bond motifs is 3. The summed E-state index contributed by atoms with van der Waals surface area (Å²) in [5.74, 6) is 1.52. The van der Waals surface area contributed by atoms with Crippen molar-refractivity contribution in [2.75, 3.05) is 0 Å². The zero-order chi connectivity index (χ0) is 18.5. The molecule has 0 saturated heterocycles.